The summed E-state index contributed by atoms with van der Waals surface area (Å²) in [7, 11) is 3.47. The number of nitrogens with zero attached hydrogens (tertiary/aromatic N) is 6. The van der Waals surface area contributed by atoms with Crippen molar-refractivity contribution in [2.75, 3.05) is 55.8 Å². The van der Waals surface area contributed by atoms with Crippen LogP contribution in [0, 0.1) is 17.6 Å². The molecule has 1 amide bonds. The van der Waals surface area contributed by atoms with Crippen molar-refractivity contribution in [3.63, 3.8) is 0 Å². The largest absolute Gasteiger partial charge is 0.375 e. The fourth-order valence-electron chi connectivity index (χ4n) is 6.12. The number of nitrogen functional groups attached to an aromatic ring is 1. The zero-order valence-corrected chi connectivity index (χ0v) is 23.5. The summed E-state index contributed by atoms with van der Waals surface area (Å²) in [5.41, 5.74) is 6.68. The van der Waals surface area contributed by atoms with Gasteiger partial charge in [0, 0.05) is 68.9 Å². The maximum Gasteiger partial charge on any atom is 0.228 e. The minimum atomic E-state index is -0.633. The maximum atomic E-state index is 16.6. The molecule has 13 heteroatoms. The summed E-state index contributed by atoms with van der Waals surface area (Å²) in [6.07, 6.45) is 2.15. The predicted molar refractivity (Wildman–Crippen MR) is 154 cm³/mol. The molecule has 3 saturated heterocycles. The normalized spacial score (nSPS) is 20.9. The third-order valence-electron chi connectivity index (χ3n) is 8.10. The zero-order chi connectivity index (χ0) is 27.9. The van der Waals surface area contributed by atoms with Gasteiger partial charge in [-0.15, -0.1) is 0 Å². The number of piperazine rings is 1. The Morgan fingerprint density at radius 1 is 1.07 bits per heavy atom. The lowest BCUT2D eigenvalue weighted by molar-refractivity contribution is -0.133. The van der Waals surface area contributed by atoms with Gasteiger partial charge in [-0.05, 0) is 31.0 Å². The lowest BCUT2D eigenvalue weighted by Crippen LogP contribution is -2.54. The van der Waals surface area contributed by atoms with Crippen molar-refractivity contribution >= 4 is 66.9 Å². The highest BCUT2D eigenvalue weighted by Crippen LogP contribution is 2.43. The highest BCUT2D eigenvalue weighted by Gasteiger charge is 2.38. The van der Waals surface area contributed by atoms with Crippen molar-refractivity contribution in [1.29, 1.82) is 0 Å². The van der Waals surface area contributed by atoms with Gasteiger partial charge in [-0.25, -0.2) is 18.7 Å². The number of carbonyl (C=O) groups excluding carboxylic acids is 1. The second-order valence-electron chi connectivity index (χ2n) is 11.0. The number of aromatic nitrogens is 3. The number of nitrogens with two attached hydrogens (primary N) is 1. The molecular formula is C27H27ClF2N8OS. The van der Waals surface area contributed by atoms with Crippen LogP contribution in [-0.4, -0.2) is 78.1 Å². The van der Waals surface area contributed by atoms with Crippen LogP contribution in [0.2, 0.25) is 5.02 Å². The first-order chi connectivity index (χ1) is 19.2. The van der Waals surface area contributed by atoms with E-state index in [-0.39, 0.29) is 43.3 Å². The second kappa shape index (κ2) is 9.35. The summed E-state index contributed by atoms with van der Waals surface area (Å²) in [5, 5.41) is 4.46. The Bertz CT molecular complexity index is 1680. The molecule has 5 heterocycles. The van der Waals surface area contributed by atoms with Gasteiger partial charge >= 0.3 is 0 Å². The lowest BCUT2D eigenvalue weighted by atomic mass is 9.99. The first-order valence-corrected chi connectivity index (χ1v) is 14.4. The molecular weight excluding hydrogens is 558 g/mol. The zero-order valence-electron chi connectivity index (χ0n) is 21.9. The summed E-state index contributed by atoms with van der Waals surface area (Å²) >= 11 is 7.77. The van der Waals surface area contributed by atoms with E-state index in [2.05, 4.69) is 20.2 Å². The van der Waals surface area contributed by atoms with Crippen LogP contribution in [0.3, 0.4) is 0 Å². The summed E-state index contributed by atoms with van der Waals surface area (Å²) in [6, 6.07) is 5.10. The number of anilines is 3. The van der Waals surface area contributed by atoms with Gasteiger partial charge in [-0.3, -0.25) is 4.79 Å². The van der Waals surface area contributed by atoms with Crippen LogP contribution in [0.4, 0.5) is 25.7 Å². The van der Waals surface area contributed by atoms with Gasteiger partial charge in [-0.2, -0.15) is 4.98 Å². The molecule has 9 nitrogen and oxygen atoms in total. The van der Waals surface area contributed by atoms with E-state index in [1.807, 2.05) is 4.90 Å². The number of rotatable bonds is 4. The van der Waals surface area contributed by atoms with Crippen LogP contribution in [-0.2, 0) is 4.79 Å². The van der Waals surface area contributed by atoms with Crippen LogP contribution < -0.4 is 20.9 Å². The number of hydrogen-bond acceptors (Lipinski definition) is 9. The Morgan fingerprint density at radius 3 is 2.50 bits per heavy atom. The quantitative estimate of drug-likeness (QED) is 0.372. The van der Waals surface area contributed by atoms with Gasteiger partial charge in [0.25, 0.3) is 0 Å². The SMILES string of the molecule is CN(C)C(=O)C1CN(c2nc(N3CC4CCC(C3)N4)c3cc(Cl)c(-c4ccc(F)c5sc(N)nc45)c(F)c3n2)C1. The molecule has 3 aliphatic rings. The molecule has 0 spiro atoms. The molecule has 208 valence electrons. The smallest absolute Gasteiger partial charge is 0.228 e. The molecule has 2 atom stereocenters. The third kappa shape index (κ3) is 4.03. The molecule has 0 aliphatic carbocycles. The van der Waals surface area contributed by atoms with E-state index in [0.29, 0.717) is 47.9 Å². The minimum absolute atomic E-state index is 0.0408. The third-order valence-corrected chi connectivity index (χ3v) is 9.29. The summed E-state index contributed by atoms with van der Waals surface area (Å²) in [5.74, 6) is -0.252. The van der Waals surface area contributed by atoms with Gasteiger partial charge in [0.15, 0.2) is 10.9 Å². The van der Waals surface area contributed by atoms with Gasteiger partial charge in [0.05, 0.1) is 21.2 Å². The standard InChI is InChI=1S/C27H27ClF2N8OS/c1-36(2)25(39)12-8-38(9-12)27-34-21-16(24(35-27)37-10-13-3-4-14(11-37)32-13)7-17(28)19(20(21)30)15-5-6-18(29)23-22(15)33-26(31)40-23/h5-7,12-14,32H,3-4,8-11H2,1-2H3,(H2,31,33). The molecule has 7 rings (SSSR count). The van der Waals surface area contributed by atoms with Crippen LogP contribution in [0.25, 0.3) is 32.2 Å². The number of halogens is 3. The average molecular weight is 585 g/mol. The molecule has 40 heavy (non-hydrogen) atoms. The van der Waals surface area contributed by atoms with E-state index >= 15 is 4.39 Å². The van der Waals surface area contributed by atoms with Crippen molar-refractivity contribution in [2.24, 2.45) is 5.92 Å². The van der Waals surface area contributed by atoms with Gasteiger partial charge in [0.2, 0.25) is 11.9 Å². The monoisotopic (exact) mass is 584 g/mol. The molecule has 2 bridgehead atoms. The fourth-order valence-corrected chi connectivity index (χ4v) is 7.18. The first-order valence-electron chi connectivity index (χ1n) is 13.2. The molecule has 0 saturated carbocycles. The highest BCUT2D eigenvalue weighted by atomic mass is 35.5. The Hall–Kier alpha value is -3.35. The van der Waals surface area contributed by atoms with Crippen LogP contribution in [0.15, 0.2) is 18.2 Å². The van der Waals surface area contributed by atoms with E-state index in [0.717, 1.165) is 37.3 Å². The van der Waals surface area contributed by atoms with E-state index < -0.39 is 11.6 Å². The summed E-state index contributed by atoms with van der Waals surface area (Å²) < 4.78 is 31.4. The van der Waals surface area contributed by atoms with Crippen molar-refractivity contribution in [3.05, 3.63) is 34.9 Å². The minimum Gasteiger partial charge on any atom is -0.375 e. The highest BCUT2D eigenvalue weighted by molar-refractivity contribution is 7.22. The van der Waals surface area contributed by atoms with E-state index in [4.69, 9.17) is 22.3 Å². The number of amides is 1. The van der Waals surface area contributed by atoms with Crippen molar-refractivity contribution in [3.8, 4) is 11.1 Å². The maximum absolute atomic E-state index is 16.6. The van der Waals surface area contributed by atoms with Gasteiger partial charge in [-0.1, -0.05) is 22.9 Å². The lowest BCUT2D eigenvalue weighted by Gasteiger charge is -2.40. The van der Waals surface area contributed by atoms with Gasteiger partial charge in [0.1, 0.15) is 17.2 Å². The van der Waals surface area contributed by atoms with Crippen LogP contribution >= 0.6 is 22.9 Å². The predicted octanol–water partition coefficient (Wildman–Crippen LogP) is 3.89. The molecule has 3 N–H and O–H groups in total. The Kier molecular flexibility index (Phi) is 5.99. The topological polar surface area (TPSA) is 104 Å². The molecule has 2 aromatic carbocycles. The van der Waals surface area contributed by atoms with Crippen LogP contribution in [0.1, 0.15) is 12.8 Å². The summed E-state index contributed by atoms with van der Waals surface area (Å²) in [6.45, 7) is 2.38. The number of benzene rings is 2. The number of hydrogen-bond donors (Lipinski definition) is 2. The molecule has 2 aromatic heterocycles. The molecule has 3 aliphatic heterocycles. The fraction of sp³-hybridized carbons (Fsp3) is 0.407. The molecule has 3 fully saturated rings. The molecule has 0 radical (unpaired) electrons. The number of carbonyl (C=O) groups is 1. The van der Waals surface area contributed by atoms with E-state index in [1.165, 1.54) is 12.1 Å². The second-order valence-corrected chi connectivity index (χ2v) is 12.4. The summed E-state index contributed by atoms with van der Waals surface area (Å²) in [4.78, 5) is 32.0. The molecule has 2 unspecified atom stereocenters. The Morgan fingerprint density at radius 2 is 1.80 bits per heavy atom. The van der Waals surface area contributed by atoms with Crippen molar-refractivity contribution in [1.82, 2.24) is 25.2 Å². The van der Waals surface area contributed by atoms with E-state index in [9.17, 15) is 9.18 Å². The van der Waals surface area contributed by atoms with Crippen molar-refractivity contribution < 1.29 is 13.6 Å². The van der Waals surface area contributed by atoms with Gasteiger partial charge < -0.3 is 25.8 Å². The number of fused-ring (bicyclic) bond motifs is 4. The van der Waals surface area contributed by atoms with Crippen LogP contribution in [0.5, 0.6) is 0 Å². The average Bonchev–Trinajstić information content (AvgIpc) is 3.45. The number of thiazole rings is 1. The number of nitrogens with one attached hydrogen (secondary N) is 1. The molecule has 4 aromatic rings. The Balaban J connectivity index is 1.39. The first kappa shape index (κ1) is 25.6. The Labute approximate surface area is 237 Å². The van der Waals surface area contributed by atoms with E-state index in [1.54, 1.807) is 25.1 Å². The van der Waals surface area contributed by atoms with Crippen molar-refractivity contribution in [2.45, 2.75) is 24.9 Å².